The van der Waals surface area contributed by atoms with Crippen LogP contribution in [0.15, 0.2) is 18.2 Å². The smallest absolute Gasteiger partial charge is 0.406 e. The summed E-state index contributed by atoms with van der Waals surface area (Å²) in [5.41, 5.74) is 0.530. The molecule has 8 nitrogen and oxygen atoms in total. The highest BCUT2D eigenvalue weighted by molar-refractivity contribution is 5.66. The molecule has 1 atom stereocenters. The van der Waals surface area contributed by atoms with Crippen molar-refractivity contribution in [3.8, 4) is 11.5 Å². The monoisotopic (exact) mass is 329 g/mol. The number of carbonyl (C=O) groups excluding carboxylic acids is 1. The lowest BCUT2D eigenvalue weighted by Gasteiger charge is -2.19. The van der Waals surface area contributed by atoms with Gasteiger partial charge in [-0.15, -0.1) is 0 Å². The Balaban J connectivity index is 2.82. The minimum absolute atomic E-state index is 0.00743. The topological polar surface area (TPSA) is 95.5 Å². The highest BCUT2D eigenvalue weighted by Gasteiger charge is 2.18. The van der Waals surface area contributed by atoms with Crippen LogP contribution in [0.5, 0.6) is 11.5 Å². The highest BCUT2D eigenvalue weighted by atomic mass is 16.7. The molecule has 0 aliphatic carbocycles. The number of para-hydroxylation sites is 1. The van der Waals surface area contributed by atoms with Crippen molar-refractivity contribution in [3.05, 3.63) is 23.8 Å². The molecule has 23 heavy (non-hydrogen) atoms. The molecule has 1 aromatic rings. The van der Waals surface area contributed by atoms with Crippen molar-refractivity contribution in [2.45, 2.75) is 12.5 Å². The number of hydrogen-bond donors (Lipinski definition) is 2. The number of nitrogens with one attached hydrogen (secondary N) is 1. The maximum Gasteiger partial charge on any atom is 0.406 e. The van der Waals surface area contributed by atoms with Crippen LogP contribution in [0.25, 0.3) is 0 Å². The molecule has 0 aromatic heterocycles. The molecular weight excluding hydrogens is 306 g/mol. The number of rotatable bonds is 10. The number of methoxy groups -OCH3 is 3. The van der Waals surface area contributed by atoms with E-state index < -0.39 is 12.2 Å². The molecule has 8 heteroatoms. The van der Waals surface area contributed by atoms with E-state index in [2.05, 4.69) is 10.1 Å². The van der Waals surface area contributed by atoms with Gasteiger partial charge >= 0.3 is 6.09 Å². The first-order valence-corrected chi connectivity index (χ1v) is 7.00. The molecule has 0 saturated heterocycles. The van der Waals surface area contributed by atoms with Crippen LogP contribution in [-0.4, -0.2) is 52.7 Å². The van der Waals surface area contributed by atoms with Gasteiger partial charge in [0.2, 0.25) is 0 Å². The average Bonchev–Trinajstić information content (AvgIpc) is 2.57. The van der Waals surface area contributed by atoms with Gasteiger partial charge in [0.05, 0.1) is 13.2 Å². The lowest BCUT2D eigenvalue weighted by atomic mass is 10.0. The van der Waals surface area contributed by atoms with Gasteiger partial charge in [0, 0.05) is 26.3 Å². The molecule has 0 radical (unpaired) electrons. The third-order valence-corrected chi connectivity index (χ3v) is 2.89. The Bertz CT molecular complexity index is 481. The summed E-state index contributed by atoms with van der Waals surface area (Å²) in [5.74, 6) is 0.804. The molecule has 1 unspecified atom stereocenters. The third-order valence-electron chi connectivity index (χ3n) is 2.89. The Morgan fingerprint density at radius 3 is 2.52 bits per heavy atom. The average molecular weight is 329 g/mol. The summed E-state index contributed by atoms with van der Waals surface area (Å²) in [6.07, 6.45) is -1.12. The maximum absolute atomic E-state index is 11.0. The molecule has 0 aliphatic rings. The van der Waals surface area contributed by atoms with Crippen LogP contribution in [-0.2, 0) is 14.2 Å². The quantitative estimate of drug-likeness (QED) is 0.627. The summed E-state index contributed by atoms with van der Waals surface area (Å²) in [4.78, 5) is 11.0. The van der Waals surface area contributed by atoms with Crippen molar-refractivity contribution in [2.24, 2.45) is 0 Å². The summed E-state index contributed by atoms with van der Waals surface area (Å²) in [7, 11) is 4.28. The van der Waals surface area contributed by atoms with E-state index in [0.29, 0.717) is 17.1 Å². The number of alkyl carbamates (subject to hydrolysis) is 1. The van der Waals surface area contributed by atoms with Crippen LogP contribution in [0, 0.1) is 0 Å². The zero-order chi connectivity index (χ0) is 17.1. The number of ether oxygens (including phenoxy) is 5. The van der Waals surface area contributed by atoms with E-state index in [-0.39, 0.29) is 26.6 Å². The molecule has 0 spiro atoms. The maximum atomic E-state index is 11.0. The first-order valence-electron chi connectivity index (χ1n) is 7.00. The van der Waals surface area contributed by atoms with Crippen LogP contribution in [0.3, 0.4) is 0 Å². The van der Waals surface area contributed by atoms with E-state index in [4.69, 9.17) is 18.9 Å². The lowest BCUT2D eigenvalue weighted by molar-refractivity contribution is 0.0297. The first-order chi connectivity index (χ1) is 11.1. The van der Waals surface area contributed by atoms with Gasteiger partial charge in [0.1, 0.15) is 0 Å². The van der Waals surface area contributed by atoms with E-state index in [9.17, 15) is 9.90 Å². The molecule has 0 aliphatic heterocycles. The van der Waals surface area contributed by atoms with Crippen molar-refractivity contribution in [1.82, 2.24) is 5.32 Å². The lowest BCUT2D eigenvalue weighted by Crippen LogP contribution is -2.25. The van der Waals surface area contributed by atoms with E-state index in [1.165, 1.54) is 21.3 Å². The zero-order valence-corrected chi connectivity index (χ0v) is 13.5. The Labute approximate surface area is 135 Å². The van der Waals surface area contributed by atoms with E-state index >= 15 is 0 Å². The minimum atomic E-state index is -0.856. The minimum Gasteiger partial charge on any atom is -0.464 e. The summed E-state index contributed by atoms with van der Waals surface area (Å²) in [6, 6.07) is 5.15. The fourth-order valence-electron chi connectivity index (χ4n) is 1.84. The van der Waals surface area contributed by atoms with Crippen LogP contribution >= 0.6 is 0 Å². The molecule has 0 bridgehead atoms. The summed E-state index contributed by atoms with van der Waals surface area (Å²) < 4.78 is 25.2. The van der Waals surface area contributed by atoms with Gasteiger partial charge in [-0.3, -0.25) is 0 Å². The first kappa shape index (κ1) is 19.0. The van der Waals surface area contributed by atoms with Crippen molar-refractivity contribution >= 4 is 6.09 Å². The van der Waals surface area contributed by atoms with Crippen LogP contribution in [0.2, 0.25) is 0 Å². The molecule has 130 valence electrons. The van der Waals surface area contributed by atoms with E-state index in [1.807, 2.05) is 0 Å². The van der Waals surface area contributed by atoms with Crippen LogP contribution < -0.4 is 14.8 Å². The molecule has 1 rings (SSSR count). The Morgan fingerprint density at radius 1 is 1.17 bits per heavy atom. The fraction of sp³-hybridized carbons (Fsp3) is 0.533. The van der Waals surface area contributed by atoms with Crippen molar-refractivity contribution in [3.63, 3.8) is 0 Å². The second-order valence-electron chi connectivity index (χ2n) is 4.50. The number of carbonyl (C=O) groups is 1. The zero-order valence-electron chi connectivity index (χ0n) is 13.5. The molecular formula is C15H23NO7. The number of aliphatic hydroxyl groups excluding tert-OH is 1. The van der Waals surface area contributed by atoms with Crippen LogP contribution in [0.4, 0.5) is 4.79 Å². The number of amides is 1. The summed E-state index contributed by atoms with van der Waals surface area (Å²) >= 11 is 0. The van der Waals surface area contributed by atoms with Gasteiger partial charge in [-0.05, 0) is 12.5 Å². The van der Waals surface area contributed by atoms with Gasteiger partial charge in [-0.25, -0.2) is 4.79 Å². The Kier molecular flexibility index (Phi) is 8.81. The SMILES string of the molecule is COCOc1cccc(C(O)CCNC(=O)OC)c1OCOC. The van der Waals surface area contributed by atoms with Gasteiger partial charge in [-0.1, -0.05) is 12.1 Å². The van der Waals surface area contributed by atoms with Crippen molar-refractivity contribution < 1.29 is 33.6 Å². The number of hydrogen-bond acceptors (Lipinski definition) is 7. The standard InChI is InChI=1S/C15H23NO7/c1-19-9-22-13-6-4-5-11(14(13)23-10-20-2)12(17)7-8-16-15(18)21-3/h4-6,12,17H,7-10H2,1-3H3,(H,16,18). The van der Waals surface area contributed by atoms with Gasteiger partial charge in [0.25, 0.3) is 0 Å². The largest absolute Gasteiger partial charge is 0.464 e. The molecule has 2 N–H and O–H groups in total. The summed E-state index contributed by atoms with van der Waals surface area (Å²) in [6.45, 7) is 0.307. The van der Waals surface area contributed by atoms with Gasteiger partial charge in [0.15, 0.2) is 25.1 Å². The molecule has 1 aromatic carbocycles. The normalized spacial score (nSPS) is 11.7. The van der Waals surface area contributed by atoms with Gasteiger partial charge < -0.3 is 34.1 Å². The molecule has 0 saturated carbocycles. The highest BCUT2D eigenvalue weighted by Crippen LogP contribution is 2.36. The predicted molar refractivity (Wildman–Crippen MR) is 81.4 cm³/mol. The van der Waals surface area contributed by atoms with Crippen LogP contribution in [0.1, 0.15) is 18.1 Å². The summed E-state index contributed by atoms with van der Waals surface area (Å²) in [5, 5.41) is 12.8. The third kappa shape index (κ3) is 6.31. The number of benzene rings is 1. The fourth-order valence-corrected chi connectivity index (χ4v) is 1.84. The number of aliphatic hydroxyl groups is 1. The van der Waals surface area contributed by atoms with Crippen molar-refractivity contribution in [2.75, 3.05) is 41.5 Å². The molecule has 0 heterocycles. The predicted octanol–water partition coefficient (Wildman–Crippen LogP) is 1.43. The second-order valence-corrected chi connectivity index (χ2v) is 4.50. The Hall–Kier alpha value is -2.03. The van der Waals surface area contributed by atoms with Gasteiger partial charge in [-0.2, -0.15) is 0 Å². The molecule has 1 amide bonds. The van der Waals surface area contributed by atoms with Crippen molar-refractivity contribution in [1.29, 1.82) is 0 Å². The Morgan fingerprint density at radius 2 is 1.87 bits per heavy atom. The second kappa shape index (κ2) is 10.7. The molecule has 0 fully saturated rings. The van der Waals surface area contributed by atoms with E-state index in [0.717, 1.165) is 0 Å². The van der Waals surface area contributed by atoms with E-state index in [1.54, 1.807) is 18.2 Å².